The molecule has 0 amide bonds. The van der Waals surface area contributed by atoms with E-state index in [-0.39, 0.29) is 0 Å². The molecule has 0 aromatic heterocycles. The molecule has 1 aromatic rings. The van der Waals surface area contributed by atoms with Gasteiger partial charge in [-0.3, -0.25) is 4.99 Å². The van der Waals surface area contributed by atoms with Crippen LogP contribution < -0.4 is 15.4 Å². The Kier molecular flexibility index (Phi) is 3.11. The second kappa shape index (κ2) is 4.53. The van der Waals surface area contributed by atoms with Gasteiger partial charge in [0.2, 0.25) is 0 Å². The smallest absolute Gasteiger partial charge is 0.195 e. The van der Waals surface area contributed by atoms with Crippen LogP contribution in [0.5, 0.6) is 5.75 Å². The van der Waals surface area contributed by atoms with Crippen molar-refractivity contribution in [1.29, 1.82) is 0 Å². The van der Waals surface area contributed by atoms with Crippen molar-refractivity contribution in [2.75, 3.05) is 25.5 Å². The van der Waals surface area contributed by atoms with E-state index in [0.717, 1.165) is 35.0 Å². The summed E-state index contributed by atoms with van der Waals surface area (Å²) < 4.78 is 6.14. The van der Waals surface area contributed by atoms with Crippen molar-refractivity contribution >= 4 is 27.6 Å². The normalized spacial score (nSPS) is 14.4. The minimum atomic E-state index is 0.804. The van der Waals surface area contributed by atoms with E-state index in [0.29, 0.717) is 0 Å². The third-order valence-electron chi connectivity index (χ3n) is 2.09. The minimum absolute atomic E-state index is 0.804. The second-order valence-electron chi connectivity index (χ2n) is 3.13. The van der Waals surface area contributed by atoms with Gasteiger partial charge >= 0.3 is 0 Å². The van der Waals surface area contributed by atoms with Gasteiger partial charge in [0.05, 0.1) is 18.1 Å². The van der Waals surface area contributed by atoms with Crippen molar-refractivity contribution in [3.05, 3.63) is 22.7 Å². The van der Waals surface area contributed by atoms with Gasteiger partial charge in [-0.1, -0.05) is 0 Å². The average Bonchev–Trinajstić information content (AvgIpc) is 2.73. The maximum atomic E-state index is 5.20. The molecule has 2 rings (SSSR count). The Bertz CT molecular complexity index is 392. The molecule has 0 fully saturated rings. The highest BCUT2D eigenvalue weighted by molar-refractivity contribution is 9.10. The highest BCUT2D eigenvalue weighted by atomic mass is 79.9. The molecule has 5 heteroatoms. The first kappa shape index (κ1) is 10.3. The lowest BCUT2D eigenvalue weighted by Crippen LogP contribution is -2.26. The zero-order valence-electron chi connectivity index (χ0n) is 8.38. The van der Waals surface area contributed by atoms with Crippen LogP contribution in [0.25, 0.3) is 0 Å². The first-order valence-corrected chi connectivity index (χ1v) is 5.48. The van der Waals surface area contributed by atoms with E-state index in [9.17, 15) is 0 Å². The predicted molar refractivity (Wildman–Crippen MR) is 64.6 cm³/mol. The van der Waals surface area contributed by atoms with Crippen LogP contribution in [0.2, 0.25) is 0 Å². The first-order chi connectivity index (χ1) is 7.29. The molecule has 1 aliphatic rings. The zero-order valence-corrected chi connectivity index (χ0v) is 9.97. The fourth-order valence-corrected chi connectivity index (χ4v) is 1.76. The van der Waals surface area contributed by atoms with Crippen molar-refractivity contribution in [2.45, 2.75) is 0 Å². The summed E-state index contributed by atoms with van der Waals surface area (Å²) in [4.78, 5) is 4.25. The summed E-state index contributed by atoms with van der Waals surface area (Å²) in [6.07, 6.45) is 0. The highest BCUT2D eigenvalue weighted by Crippen LogP contribution is 2.27. The average molecular weight is 270 g/mol. The Morgan fingerprint density at radius 2 is 2.40 bits per heavy atom. The molecule has 2 N–H and O–H groups in total. The van der Waals surface area contributed by atoms with Crippen LogP contribution in [0.3, 0.4) is 0 Å². The fourth-order valence-electron chi connectivity index (χ4n) is 1.36. The molecular formula is C10H12BrN3O. The molecular weight excluding hydrogens is 258 g/mol. The molecule has 80 valence electrons. The number of methoxy groups -OCH3 is 1. The number of nitrogens with one attached hydrogen (secondary N) is 2. The summed E-state index contributed by atoms with van der Waals surface area (Å²) >= 11 is 3.40. The third-order valence-corrected chi connectivity index (χ3v) is 2.74. The number of rotatable bonds is 2. The van der Waals surface area contributed by atoms with E-state index in [1.807, 2.05) is 18.2 Å². The zero-order chi connectivity index (χ0) is 10.7. The largest absolute Gasteiger partial charge is 0.495 e. The van der Waals surface area contributed by atoms with E-state index in [2.05, 4.69) is 31.6 Å². The van der Waals surface area contributed by atoms with Gasteiger partial charge in [-0.05, 0) is 28.1 Å². The number of guanidine groups is 1. The van der Waals surface area contributed by atoms with Crippen molar-refractivity contribution in [3.63, 3.8) is 0 Å². The number of halogens is 1. The van der Waals surface area contributed by atoms with Gasteiger partial charge in [0.1, 0.15) is 5.75 Å². The van der Waals surface area contributed by atoms with Gasteiger partial charge in [0, 0.05) is 18.3 Å². The van der Waals surface area contributed by atoms with Crippen molar-refractivity contribution in [3.8, 4) is 5.75 Å². The summed E-state index contributed by atoms with van der Waals surface area (Å²) in [6, 6.07) is 5.83. The van der Waals surface area contributed by atoms with Gasteiger partial charge in [-0.15, -0.1) is 0 Å². The van der Waals surface area contributed by atoms with Gasteiger partial charge in [0.15, 0.2) is 5.96 Å². The highest BCUT2D eigenvalue weighted by Gasteiger charge is 2.06. The lowest BCUT2D eigenvalue weighted by atomic mass is 10.3. The van der Waals surface area contributed by atoms with Crippen molar-refractivity contribution in [2.24, 2.45) is 4.99 Å². The third kappa shape index (κ3) is 2.41. The number of aliphatic imine (C=N–C) groups is 1. The Labute approximate surface area is 96.9 Å². The van der Waals surface area contributed by atoms with Gasteiger partial charge < -0.3 is 15.4 Å². The van der Waals surface area contributed by atoms with Crippen molar-refractivity contribution < 1.29 is 4.74 Å². The van der Waals surface area contributed by atoms with Gasteiger partial charge in [0.25, 0.3) is 0 Å². The maximum Gasteiger partial charge on any atom is 0.195 e. The fraction of sp³-hybridized carbons (Fsp3) is 0.300. The Morgan fingerprint density at radius 3 is 3.07 bits per heavy atom. The molecule has 1 aliphatic heterocycles. The van der Waals surface area contributed by atoms with Crippen LogP contribution in [0, 0.1) is 0 Å². The molecule has 0 bridgehead atoms. The quantitative estimate of drug-likeness (QED) is 0.861. The summed E-state index contributed by atoms with van der Waals surface area (Å²) in [5, 5.41) is 6.32. The first-order valence-electron chi connectivity index (χ1n) is 4.68. The molecule has 1 heterocycles. The number of nitrogens with zero attached hydrogens (tertiary/aromatic N) is 1. The number of hydrogen-bond acceptors (Lipinski definition) is 4. The van der Waals surface area contributed by atoms with E-state index < -0.39 is 0 Å². The Morgan fingerprint density at radius 1 is 1.53 bits per heavy atom. The summed E-state index contributed by atoms with van der Waals surface area (Å²) in [5.74, 6) is 1.62. The van der Waals surface area contributed by atoms with Gasteiger partial charge in [-0.2, -0.15) is 0 Å². The van der Waals surface area contributed by atoms with Crippen LogP contribution in [0.15, 0.2) is 27.7 Å². The van der Waals surface area contributed by atoms with Gasteiger partial charge in [-0.25, -0.2) is 0 Å². The molecule has 4 nitrogen and oxygen atoms in total. The number of hydrogen-bond donors (Lipinski definition) is 2. The SMILES string of the molecule is COc1cc(NC2=NCCN2)ccc1Br. The molecule has 0 saturated heterocycles. The van der Waals surface area contributed by atoms with E-state index in [4.69, 9.17) is 4.74 Å². The molecule has 1 aromatic carbocycles. The molecule has 15 heavy (non-hydrogen) atoms. The summed E-state index contributed by atoms with van der Waals surface area (Å²) in [7, 11) is 1.65. The lowest BCUT2D eigenvalue weighted by Gasteiger charge is -2.09. The molecule has 0 spiro atoms. The number of ether oxygens (including phenoxy) is 1. The second-order valence-corrected chi connectivity index (χ2v) is 3.99. The molecule has 0 aliphatic carbocycles. The van der Waals surface area contributed by atoms with Crippen LogP contribution in [0.1, 0.15) is 0 Å². The van der Waals surface area contributed by atoms with Crippen LogP contribution in [-0.4, -0.2) is 26.2 Å². The van der Waals surface area contributed by atoms with E-state index >= 15 is 0 Å². The number of anilines is 1. The molecule has 0 atom stereocenters. The van der Waals surface area contributed by atoms with Crippen LogP contribution in [0.4, 0.5) is 5.69 Å². The lowest BCUT2D eigenvalue weighted by molar-refractivity contribution is 0.412. The summed E-state index contributed by atoms with van der Waals surface area (Å²) in [5.41, 5.74) is 0.961. The summed E-state index contributed by atoms with van der Waals surface area (Å²) in [6.45, 7) is 1.73. The van der Waals surface area contributed by atoms with Crippen molar-refractivity contribution in [1.82, 2.24) is 5.32 Å². The maximum absolute atomic E-state index is 5.20. The van der Waals surface area contributed by atoms with Crippen LogP contribution in [-0.2, 0) is 0 Å². The van der Waals surface area contributed by atoms with Crippen LogP contribution >= 0.6 is 15.9 Å². The Hall–Kier alpha value is -1.23. The molecule has 0 radical (unpaired) electrons. The Balaban J connectivity index is 2.14. The molecule has 0 saturated carbocycles. The topological polar surface area (TPSA) is 45.6 Å². The number of benzene rings is 1. The van der Waals surface area contributed by atoms with E-state index in [1.165, 1.54) is 0 Å². The van der Waals surface area contributed by atoms with E-state index in [1.54, 1.807) is 7.11 Å². The monoisotopic (exact) mass is 269 g/mol. The minimum Gasteiger partial charge on any atom is -0.495 e. The molecule has 0 unspecified atom stereocenters. The standard InChI is InChI=1S/C10H12BrN3O/c1-15-9-6-7(2-3-8(9)11)14-10-12-4-5-13-10/h2-3,6H,4-5H2,1H3,(H2,12,13,14). The predicted octanol–water partition coefficient (Wildman–Crippen LogP) is 1.83.